The van der Waals surface area contributed by atoms with E-state index in [0.29, 0.717) is 5.56 Å². The van der Waals surface area contributed by atoms with Crippen LogP contribution in [0.2, 0.25) is 0 Å². The molecule has 2 aromatic carbocycles. The number of hydrogen-bond acceptors (Lipinski definition) is 3. The summed E-state index contributed by atoms with van der Waals surface area (Å²) in [6, 6.07) is 14.6. The average molecular weight is 268 g/mol. The molecule has 0 aliphatic carbocycles. The minimum atomic E-state index is -0.195. The summed E-state index contributed by atoms with van der Waals surface area (Å²) in [4.78, 5) is 11.7. The van der Waals surface area contributed by atoms with Gasteiger partial charge in [0, 0.05) is 5.56 Å². The molecule has 0 saturated heterocycles. The summed E-state index contributed by atoms with van der Waals surface area (Å²) in [5.74, 6) is -0.0590. The van der Waals surface area contributed by atoms with E-state index in [1.807, 2.05) is 37.3 Å². The van der Waals surface area contributed by atoms with Crippen LogP contribution < -0.4 is 5.43 Å². The summed E-state index contributed by atoms with van der Waals surface area (Å²) >= 11 is 0. The van der Waals surface area contributed by atoms with Crippen LogP contribution in [0.4, 0.5) is 0 Å². The van der Waals surface area contributed by atoms with Gasteiger partial charge in [-0.25, -0.2) is 5.43 Å². The summed E-state index contributed by atoms with van der Waals surface area (Å²) < 4.78 is 0. The Morgan fingerprint density at radius 3 is 2.75 bits per heavy atom. The predicted molar refractivity (Wildman–Crippen MR) is 78.7 cm³/mol. The molecule has 4 heteroatoms. The molecule has 0 radical (unpaired) electrons. The molecule has 4 nitrogen and oxygen atoms in total. The van der Waals surface area contributed by atoms with Crippen LogP contribution in [-0.4, -0.2) is 17.2 Å². The van der Waals surface area contributed by atoms with Crippen molar-refractivity contribution in [2.75, 3.05) is 0 Å². The Bertz CT molecular complexity index is 622. The van der Waals surface area contributed by atoms with Crippen molar-refractivity contribution in [3.8, 4) is 5.75 Å². The molecule has 0 aliphatic heterocycles. The van der Waals surface area contributed by atoms with Crippen LogP contribution in [0.5, 0.6) is 5.75 Å². The van der Waals surface area contributed by atoms with Crippen molar-refractivity contribution >= 4 is 12.1 Å². The van der Waals surface area contributed by atoms with Gasteiger partial charge in [-0.15, -0.1) is 0 Å². The third kappa shape index (κ3) is 3.95. The molecular weight excluding hydrogens is 252 g/mol. The fourth-order valence-corrected chi connectivity index (χ4v) is 1.77. The van der Waals surface area contributed by atoms with Gasteiger partial charge >= 0.3 is 0 Å². The molecule has 2 N–H and O–H groups in total. The van der Waals surface area contributed by atoms with Gasteiger partial charge < -0.3 is 5.11 Å². The standard InChI is InChI=1S/C16H16N2O2/c1-12-7-8-15(19)14(9-12)11-17-18-16(20)10-13-5-3-2-4-6-13/h2-9,11,19H,10H2,1H3,(H,18,20)/b17-11-. The van der Waals surface area contributed by atoms with E-state index in [4.69, 9.17) is 0 Å². The molecule has 1 amide bonds. The fourth-order valence-electron chi connectivity index (χ4n) is 1.77. The van der Waals surface area contributed by atoms with E-state index in [9.17, 15) is 9.90 Å². The lowest BCUT2D eigenvalue weighted by atomic mass is 10.1. The van der Waals surface area contributed by atoms with Crippen LogP contribution in [-0.2, 0) is 11.2 Å². The monoisotopic (exact) mass is 268 g/mol. The zero-order chi connectivity index (χ0) is 14.4. The first-order valence-corrected chi connectivity index (χ1v) is 6.30. The second-order valence-electron chi connectivity index (χ2n) is 4.52. The molecule has 2 rings (SSSR count). The molecule has 0 spiro atoms. The van der Waals surface area contributed by atoms with Crippen molar-refractivity contribution < 1.29 is 9.90 Å². The topological polar surface area (TPSA) is 61.7 Å². The Hall–Kier alpha value is -2.62. The minimum absolute atomic E-state index is 0.136. The lowest BCUT2D eigenvalue weighted by Crippen LogP contribution is -2.19. The van der Waals surface area contributed by atoms with Gasteiger partial charge in [-0.1, -0.05) is 42.0 Å². The molecule has 2 aromatic rings. The van der Waals surface area contributed by atoms with Gasteiger partial charge in [0.05, 0.1) is 12.6 Å². The third-order valence-electron chi connectivity index (χ3n) is 2.78. The molecule has 20 heavy (non-hydrogen) atoms. The third-order valence-corrected chi connectivity index (χ3v) is 2.78. The molecule has 0 aliphatic rings. The van der Waals surface area contributed by atoms with Gasteiger partial charge in [0.2, 0.25) is 5.91 Å². The van der Waals surface area contributed by atoms with E-state index >= 15 is 0 Å². The molecule has 0 atom stereocenters. The van der Waals surface area contributed by atoms with Crippen molar-refractivity contribution in [2.45, 2.75) is 13.3 Å². The number of rotatable bonds is 4. The number of hydrogen-bond donors (Lipinski definition) is 2. The second-order valence-corrected chi connectivity index (χ2v) is 4.52. The first kappa shape index (κ1) is 13.8. The Morgan fingerprint density at radius 2 is 2.00 bits per heavy atom. The highest BCUT2D eigenvalue weighted by Crippen LogP contribution is 2.15. The largest absolute Gasteiger partial charge is 0.507 e. The Balaban J connectivity index is 1.93. The summed E-state index contributed by atoms with van der Waals surface area (Å²) in [6.07, 6.45) is 1.71. The number of hydrazone groups is 1. The van der Waals surface area contributed by atoms with Crippen LogP contribution in [0, 0.1) is 6.92 Å². The van der Waals surface area contributed by atoms with Crippen molar-refractivity contribution in [2.24, 2.45) is 5.10 Å². The predicted octanol–water partition coefficient (Wildman–Crippen LogP) is 2.39. The molecule has 0 unspecified atom stereocenters. The highest BCUT2D eigenvalue weighted by Gasteiger charge is 2.01. The average Bonchev–Trinajstić information content (AvgIpc) is 2.44. The number of aryl methyl sites for hydroxylation is 1. The fraction of sp³-hybridized carbons (Fsp3) is 0.125. The SMILES string of the molecule is Cc1ccc(O)c(/C=N\NC(=O)Cc2ccccc2)c1. The van der Waals surface area contributed by atoms with Gasteiger partial charge in [-0.2, -0.15) is 5.10 Å². The lowest BCUT2D eigenvalue weighted by Gasteiger charge is -2.01. The summed E-state index contributed by atoms with van der Waals surface area (Å²) in [5.41, 5.74) is 4.96. The lowest BCUT2D eigenvalue weighted by molar-refractivity contribution is -0.120. The first-order valence-electron chi connectivity index (χ1n) is 6.30. The zero-order valence-electron chi connectivity index (χ0n) is 11.2. The van der Waals surface area contributed by atoms with E-state index in [1.54, 1.807) is 18.2 Å². The molecule has 0 bridgehead atoms. The zero-order valence-corrected chi connectivity index (χ0v) is 11.2. The van der Waals surface area contributed by atoms with Crippen LogP contribution in [0.15, 0.2) is 53.6 Å². The van der Waals surface area contributed by atoms with E-state index in [1.165, 1.54) is 6.21 Å². The van der Waals surface area contributed by atoms with Crippen molar-refractivity contribution in [3.63, 3.8) is 0 Å². The number of nitrogens with one attached hydrogen (secondary N) is 1. The van der Waals surface area contributed by atoms with Crippen LogP contribution in [0.25, 0.3) is 0 Å². The molecule has 102 valence electrons. The van der Waals surface area contributed by atoms with Gasteiger partial charge in [-0.05, 0) is 24.6 Å². The quantitative estimate of drug-likeness (QED) is 0.660. The number of carbonyl (C=O) groups is 1. The van der Waals surface area contributed by atoms with Crippen LogP contribution >= 0.6 is 0 Å². The number of benzene rings is 2. The van der Waals surface area contributed by atoms with Crippen LogP contribution in [0.1, 0.15) is 16.7 Å². The molecule has 0 heterocycles. The highest BCUT2D eigenvalue weighted by molar-refractivity contribution is 5.85. The van der Waals surface area contributed by atoms with E-state index < -0.39 is 0 Å². The summed E-state index contributed by atoms with van der Waals surface area (Å²) in [5, 5.41) is 13.5. The van der Waals surface area contributed by atoms with Gasteiger partial charge in [0.15, 0.2) is 0 Å². The van der Waals surface area contributed by atoms with Gasteiger partial charge in [0.1, 0.15) is 5.75 Å². The van der Waals surface area contributed by atoms with E-state index in [2.05, 4.69) is 10.5 Å². The normalized spacial score (nSPS) is 10.7. The highest BCUT2D eigenvalue weighted by atomic mass is 16.3. The second kappa shape index (κ2) is 6.52. The van der Waals surface area contributed by atoms with Crippen molar-refractivity contribution in [1.82, 2.24) is 5.43 Å². The smallest absolute Gasteiger partial charge is 0.244 e. The maximum atomic E-state index is 11.7. The number of nitrogens with zero attached hydrogens (tertiary/aromatic N) is 1. The number of aromatic hydroxyl groups is 1. The maximum Gasteiger partial charge on any atom is 0.244 e. The Morgan fingerprint density at radius 1 is 1.25 bits per heavy atom. The van der Waals surface area contributed by atoms with Crippen molar-refractivity contribution in [3.05, 3.63) is 65.2 Å². The summed E-state index contributed by atoms with van der Waals surface area (Å²) in [6.45, 7) is 1.92. The molecule has 0 saturated carbocycles. The Labute approximate surface area is 117 Å². The first-order chi connectivity index (χ1) is 9.65. The molecule has 0 fully saturated rings. The maximum absolute atomic E-state index is 11.7. The minimum Gasteiger partial charge on any atom is -0.507 e. The van der Waals surface area contributed by atoms with Gasteiger partial charge in [-0.3, -0.25) is 4.79 Å². The van der Waals surface area contributed by atoms with E-state index in [0.717, 1.165) is 11.1 Å². The molecule has 0 aromatic heterocycles. The molecular formula is C16H16N2O2. The van der Waals surface area contributed by atoms with Crippen LogP contribution in [0.3, 0.4) is 0 Å². The number of phenols is 1. The van der Waals surface area contributed by atoms with Gasteiger partial charge in [0.25, 0.3) is 0 Å². The summed E-state index contributed by atoms with van der Waals surface area (Å²) in [7, 11) is 0. The number of carbonyl (C=O) groups excluding carboxylic acids is 1. The Kier molecular flexibility index (Phi) is 4.50. The number of phenolic OH excluding ortho intramolecular Hbond substituents is 1. The number of amides is 1. The van der Waals surface area contributed by atoms with Crippen molar-refractivity contribution in [1.29, 1.82) is 0 Å². The van der Waals surface area contributed by atoms with E-state index in [-0.39, 0.29) is 18.1 Å².